The Labute approximate surface area is 453 Å². The summed E-state index contributed by atoms with van der Waals surface area (Å²) in [4.78, 5) is 6.96. The van der Waals surface area contributed by atoms with Crippen molar-refractivity contribution >= 4 is 60.9 Å². The van der Waals surface area contributed by atoms with Crippen LogP contribution in [0.1, 0.15) is 74.9 Å². The highest BCUT2D eigenvalue weighted by Gasteiger charge is 2.49. The quantitative estimate of drug-likeness (QED) is 0.166. The van der Waals surface area contributed by atoms with E-state index in [0.29, 0.717) is 0 Å². The van der Waals surface area contributed by atoms with Crippen LogP contribution < -0.4 is 4.90 Å². The van der Waals surface area contributed by atoms with E-state index in [4.69, 9.17) is 8.83 Å². The highest BCUT2D eigenvalue weighted by molar-refractivity contribution is 6.22. The SMILES string of the molecule is CC1(C)c2cc(N(c3ccc4c(c3)C(C)(C)c3c5c(c6c(oc7ccccc76)c3-4)-c3ccccc3C5(C)C)c3c(-c4ccccc4)cccc3-c3ccccc3)ccc2-c2c1cc(-c1ccncc1)c1oc3ccccc3c21. The van der Waals surface area contributed by atoms with Crippen LogP contribution in [-0.4, -0.2) is 4.98 Å². The van der Waals surface area contributed by atoms with Crippen LogP contribution in [0.15, 0.2) is 227 Å². The Kier molecular flexibility index (Phi) is 9.18. The molecule has 13 aromatic rings. The van der Waals surface area contributed by atoms with Gasteiger partial charge in [0.05, 0.1) is 5.69 Å². The molecule has 16 rings (SSSR count). The van der Waals surface area contributed by atoms with Crippen molar-refractivity contribution in [2.75, 3.05) is 4.90 Å². The molecule has 0 saturated carbocycles. The van der Waals surface area contributed by atoms with Crippen LogP contribution >= 0.6 is 0 Å². The van der Waals surface area contributed by atoms with Gasteiger partial charge in [0.2, 0.25) is 0 Å². The number of pyridine rings is 1. The Morgan fingerprint density at radius 3 is 1.46 bits per heavy atom. The maximum absolute atomic E-state index is 7.15. The Hall–Kier alpha value is -9.25. The molecule has 3 aliphatic carbocycles. The molecule has 10 aromatic carbocycles. The zero-order valence-corrected chi connectivity index (χ0v) is 44.5. The second kappa shape index (κ2) is 15.9. The van der Waals surface area contributed by atoms with Gasteiger partial charge < -0.3 is 13.7 Å². The van der Waals surface area contributed by atoms with E-state index >= 15 is 0 Å². The molecule has 78 heavy (non-hydrogen) atoms. The number of fused-ring (bicyclic) bond motifs is 19. The van der Waals surface area contributed by atoms with Gasteiger partial charge in [0.15, 0.2) is 0 Å². The van der Waals surface area contributed by atoms with Gasteiger partial charge in [-0.3, -0.25) is 4.98 Å². The lowest BCUT2D eigenvalue weighted by Gasteiger charge is -2.33. The van der Waals surface area contributed by atoms with Crippen LogP contribution in [0.3, 0.4) is 0 Å². The zero-order valence-electron chi connectivity index (χ0n) is 44.5. The third kappa shape index (κ3) is 5.98. The van der Waals surface area contributed by atoms with Crippen molar-refractivity contribution in [3.05, 3.63) is 252 Å². The highest BCUT2D eigenvalue weighted by atomic mass is 16.3. The number of rotatable bonds is 6. The molecule has 0 bridgehead atoms. The van der Waals surface area contributed by atoms with Gasteiger partial charge in [-0.25, -0.2) is 0 Å². The van der Waals surface area contributed by atoms with E-state index in [1.165, 1.54) is 72.1 Å². The molecule has 3 aromatic heterocycles. The van der Waals surface area contributed by atoms with Gasteiger partial charge >= 0.3 is 0 Å². The molecule has 4 heteroatoms. The first-order valence-corrected chi connectivity index (χ1v) is 27.3. The fraction of sp³-hybridized carbons (Fsp3) is 0.122. The topological polar surface area (TPSA) is 42.4 Å². The molecular formula is C74H54N2O2. The molecule has 0 saturated heterocycles. The molecule has 0 amide bonds. The minimum Gasteiger partial charge on any atom is -0.455 e. The molecule has 0 N–H and O–H groups in total. The van der Waals surface area contributed by atoms with E-state index in [1.54, 1.807) is 0 Å². The number of hydrogen-bond acceptors (Lipinski definition) is 4. The maximum atomic E-state index is 7.15. The lowest BCUT2D eigenvalue weighted by Crippen LogP contribution is -2.24. The van der Waals surface area contributed by atoms with E-state index in [0.717, 1.165) is 88.9 Å². The number of anilines is 3. The Morgan fingerprint density at radius 2 is 0.821 bits per heavy atom. The normalized spacial score (nSPS) is 14.8. The van der Waals surface area contributed by atoms with Crippen LogP contribution in [0.2, 0.25) is 0 Å². The van der Waals surface area contributed by atoms with Gasteiger partial charge in [-0.05, 0) is 132 Å². The van der Waals surface area contributed by atoms with Crippen LogP contribution in [0.5, 0.6) is 0 Å². The summed E-state index contributed by atoms with van der Waals surface area (Å²) in [5.41, 5.74) is 28.2. The van der Waals surface area contributed by atoms with Crippen LogP contribution in [0.25, 0.3) is 111 Å². The molecular weight excluding hydrogens is 949 g/mol. The second-order valence-electron chi connectivity index (χ2n) is 23.3. The van der Waals surface area contributed by atoms with E-state index in [-0.39, 0.29) is 10.8 Å². The summed E-state index contributed by atoms with van der Waals surface area (Å²) in [6.45, 7) is 14.5. The molecule has 0 radical (unpaired) electrons. The van der Waals surface area contributed by atoms with E-state index < -0.39 is 5.41 Å². The maximum Gasteiger partial charge on any atom is 0.144 e. The monoisotopic (exact) mass is 1000 g/mol. The second-order valence-corrected chi connectivity index (χ2v) is 23.3. The number of aromatic nitrogens is 1. The van der Waals surface area contributed by atoms with Gasteiger partial charge in [-0.1, -0.05) is 193 Å². The number of benzene rings is 10. The minimum absolute atomic E-state index is 0.252. The van der Waals surface area contributed by atoms with E-state index in [1.807, 2.05) is 12.4 Å². The smallest absolute Gasteiger partial charge is 0.144 e. The summed E-state index contributed by atoms with van der Waals surface area (Å²) < 4.78 is 14.0. The van der Waals surface area contributed by atoms with E-state index in [2.05, 4.69) is 258 Å². The first-order valence-electron chi connectivity index (χ1n) is 27.3. The summed E-state index contributed by atoms with van der Waals surface area (Å²) in [5, 5.41) is 4.66. The van der Waals surface area contributed by atoms with Gasteiger partial charge in [-0.2, -0.15) is 0 Å². The molecule has 0 unspecified atom stereocenters. The molecule has 0 aliphatic heterocycles. The van der Waals surface area contributed by atoms with Gasteiger partial charge in [0, 0.05) is 83.8 Å². The molecule has 0 atom stereocenters. The van der Waals surface area contributed by atoms with Crippen molar-refractivity contribution in [2.45, 2.75) is 57.8 Å². The Morgan fingerprint density at radius 1 is 0.346 bits per heavy atom. The lowest BCUT2D eigenvalue weighted by molar-refractivity contribution is 0.600. The predicted octanol–water partition coefficient (Wildman–Crippen LogP) is 20.3. The summed E-state index contributed by atoms with van der Waals surface area (Å²) >= 11 is 0. The first kappa shape index (κ1) is 45.0. The van der Waals surface area contributed by atoms with Crippen LogP contribution in [0.4, 0.5) is 17.1 Å². The van der Waals surface area contributed by atoms with E-state index in [9.17, 15) is 0 Å². The number of hydrogen-bond donors (Lipinski definition) is 0. The van der Waals surface area contributed by atoms with Crippen molar-refractivity contribution in [3.8, 4) is 66.8 Å². The summed E-state index contributed by atoms with van der Waals surface area (Å²) in [7, 11) is 0. The molecule has 4 nitrogen and oxygen atoms in total. The molecule has 3 aliphatic rings. The van der Waals surface area contributed by atoms with Gasteiger partial charge in [0.1, 0.15) is 22.3 Å². The first-order chi connectivity index (χ1) is 38.0. The predicted molar refractivity (Wildman–Crippen MR) is 322 cm³/mol. The molecule has 0 fully saturated rings. The van der Waals surface area contributed by atoms with Crippen molar-refractivity contribution in [3.63, 3.8) is 0 Å². The van der Waals surface area contributed by atoms with Crippen LogP contribution in [-0.2, 0) is 16.2 Å². The Bertz CT molecular complexity index is 4630. The summed E-state index contributed by atoms with van der Waals surface area (Å²) in [6, 6.07) is 75.9. The Balaban J connectivity index is 0.974. The lowest BCUT2D eigenvalue weighted by atomic mass is 9.72. The van der Waals surface area contributed by atoms with Crippen molar-refractivity contribution in [1.29, 1.82) is 0 Å². The van der Waals surface area contributed by atoms with Crippen molar-refractivity contribution < 1.29 is 8.83 Å². The third-order valence-electron chi connectivity index (χ3n) is 18.1. The van der Waals surface area contributed by atoms with Gasteiger partial charge in [0.25, 0.3) is 0 Å². The standard InChI is InChI=1S/C74H54N2O2/c1-72(2)57-40-46(32-34-51(57)62-59(72)42-55(45-36-38-75-39-37-45)70-64(62)53-25-14-17-30-60(53)77-70)76(69-48(43-20-9-7-10-21-43)27-19-28-49(69)44-22-11-8-12-23-44)47-33-35-52-58(41-47)74(5,6)68-66(52)71-65(54-26-15-18-31-61(54)78-71)63-50-24-13-16-29-56(50)73(3,4)67(63)68/h7-42H,1-6H3. The number of furan rings is 2. The summed E-state index contributed by atoms with van der Waals surface area (Å²) in [6.07, 6.45) is 3.75. The van der Waals surface area contributed by atoms with Crippen LogP contribution in [0, 0.1) is 0 Å². The molecule has 372 valence electrons. The van der Waals surface area contributed by atoms with Gasteiger partial charge in [-0.15, -0.1) is 0 Å². The summed E-state index contributed by atoms with van der Waals surface area (Å²) in [5.74, 6) is 0. The minimum atomic E-state index is -0.406. The number of para-hydroxylation sites is 3. The largest absolute Gasteiger partial charge is 0.455 e. The highest BCUT2D eigenvalue weighted by Crippen LogP contribution is 2.64. The average Bonchev–Trinajstić information content (AvgIpc) is 2.90. The van der Waals surface area contributed by atoms with Crippen molar-refractivity contribution in [1.82, 2.24) is 4.98 Å². The third-order valence-corrected chi connectivity index (χ3v) is 18.1. The number of nitrogens with zero attached hydrogens (tertiary/aromatic N) is 2. The zero-order chi connectivity index (χ0) is 52.4. The van der Waals surface area contributed by atoms with Crippen molar-refractivity contribution in [2.24, 2.45) is 0 Å². The molecule has 3 heterocycles. The fourth-order valence-electron chi connectivity index (χ4n) is 14.5. The molecule has 0 spiro atoms. The fourth-order valence-corrected chi connectivity index (χ4v) is 14.5. The average molecular weight is 1000 g/mol.